The minimum absolute atomic E-state index is 0.0819. The molecule has 3 rings (SSSR count). The number of benzene rings is 1. The lowest BCUT2D eigenvalue weighted by atomic mass is 9.97. The van der Waals surface area contributed by atoms with Crippen molar-refractivity contribution in [2.45, 2.75) is 57.6 Å². The van der Waals surface area contributed by atoms with Gasteiger partial charge in [0, 0.05) is 18.0 Å². The van der Waals surface area contributed by atoms with Crippen LogP contribution in [-0.4, -0.2) is 47.2 Å². The molecule has 2 N–H and O–H groups in total. The van der Waals surface area contributed by atoms with Crippen LogP contribution in [-0.2, 0) is 11.3 Å². The number of carbonyl (C=O) groups excluding carboxylic acids is 1. The first kappa shape index (κ1) is 21.7. The number of carbonyl (C=O) groups is 1. The van der Waals surface area contributed by atoms with Gasteiger partial charge in [-0.15, -0.1) is 5.54 Å². The lowest BCUT2D eigenvalue weighted by Gasteiger charge is -2.28. The molecule has 0 amide bonds. The molecule has 2 atom stereocenters. The van der Waals surface area contributed by atoms with Crippen LogP contribution in [0.2, 0.25) is 24.7 Å². The standard InChI is InChI=1S/C21H26ClN3O3Si/c1-29(2,3)8-6-14-9-18-16(11-17(14)22)21(28)25(13-24-18)12-15(26)10-19-20(27)5-4-7-23-19/h9,11,13,19-20,23,27H,4-5,7,10,12H2,1-3H3/t19-,20+/m0/s1. The number of fused-ring (bicyclic) bond motifs is 1. The van der Waals surface area contributed by atoms with E-state index in [2.05, 4.69) is 41.4 Å². The van der Waals surface area contributed by atoms with E-state index in [1.54, 1.807) is 12.1 Å². The Morgan fingerprint density at radius 3 is 2.86 bits per heavy atom. The molecule has 1 aliphatic rings. The number of aromatic nitrogens is 2. The van der Waals surface area contributed by atoms with Crippen molar-refractivity contribution in [3.8, 4) is 11.5 Å². The highest BCUT2D eigenvalue weighted by Gasteiger charge is 2.25. The highest BCUT2D eigenvalue weighted by Crippen LogP contribution is 2.20. The molecule has 1 aliphatic heterocycles. The maximum Gasteiger partial charge on any atom is 0.261 e. The summed E-state index contributed by atoms with van der Waals surface area (Å²) in [5, 5.41) is 13.9. The summed E-state index contributed by atoms with van der Waals surface area (Å²) in [6, 6.07) is 3.04. The summed E-state index contributed by atoms with van der Waals surface area (Å²) >= 11 is 6.34. The summed E-state index contributed by atoms with van der Waals surface area (Å²) in [6.07, 6.45) is 2.61. The van der Waals surface area contributed by atoms with Crippen LogP contribution in [0.4, 0.5) is 0 Å². The third-order valence-corrected chi connectivity index (χ3v) is 6.01. The Kier molecular flexibility index (Phi) is 6.59. The molecule has 154 valence electrons. The van der Waals surface area contributed by atoms with Crippen LogP contribution in [0.5, 0.6) is 0 Å². The summed E-state index contributed by atoms with van der Waals surface area (Å²) in [6.45, 7) is 7.13. The number of rotatable bonds is 4. The van der Waals surface area contributed by atoms with Crippen LogP contribution in [0, 0.1) is 11.5 Å². The van der Waals surface area contributed by atoms with Gasteiger partial charge in [0.1, 0.15) is 8.07 Å². The predicted octanol–water partition coefficient (Wildman–Crippen LogP) is 2.35. The largest absolute Gasteiger partial charge is 0.391 e. The SMILES string of the molecule is C[Si](C)(C)C#Cc1cc2ncn(CC(=O)C[C@@H]3NCCC[C@H]3O)c(=O)c2cc1Cl. The van der Waals surface area contributed by atoms with Crippen molar-refractivity contribution in [3.63, 3.8) is 0 Å². The lowest BCUT2D eigenvalue weighted by Crippen LogP contribution is -2.46. The smallest absolute Gasteiger partial charge is 0.261 e. The zero-order chi connectivity index (χ0) is 21.2. The van der Waals surface area contributed by atoms with Crippen molar-refractivity contribution in [2.24, 2.45) is 0 Å². The molecule has 2 aromatic rings. The maximum absolute atomic E-state index is 12.8. The quantitative estimate of drug-likeness (QED) is 0.573. The Morgan fingerprint density at radius 1 is 1.41 bits per heavy atom. The molecule has 0 unspecified atom stereocenters. The number of aliphatic hydroxyl groups is 1. The monoisotopic (exact) mass is 431 g/mol. The number of piperidine rings is 1. The number of aliphatic hydroxyl groups excluding tert-OH is 1. The van der Waals surface area contributed by atoms with Crippen molar-refractivity contribution in [1.29, 1.82) is 0 Å². The summed E-state index contributed by atoms with van der Waals surface area (Å²) < 4.78 is 1.30. The van der Waals surface area contributed by atoms with Gasteiger partial charge in [0.05, 0.1) is 34.9 Å². The van der Waals surface area contributed by atoms with E-state index in [0.717, 1.165) is 13.0 Å². The average molecular weight is 432 g/mol. The molecule has 0 radical (unpaired) electrons. The molecule has 1 saturated heterocycles. The third-order valence-electron chi connectivity index (χ3n) is 4.83. The fraction of sp³-hybridized carbons (Fsp3) is 0.476. The molecule has 8 heteroatoms. The average Bonchev–Trinajstić information content (AvgIpc) is 2.64. The van der Waals surface area contributed by atoms with Crippen molar-refractivity contribution in [2.75, 3.05) is 6.54 Å². The maximum atomic E-state index is 12.8. The van der Waals surface area contributed by atoms with Gasteiger partial charge in [0.25, 0.3) is 5.56 Å². The fourth-order valence-electron chi connectivity index (χ4n) is 3.29. The van der Waals surface area contributed by atoms with Crippen LogP contribution in [0.15, 0.2) is 23.3 Å². The number of hydrogen-bond acceptors (Lipinski definition) is 5. The minimum Gasteiger partial charge on any atom is -0.391 e. The third kappa shape index (κ3) is 5.55. The van der Waals surface area contributed by atoms with Crippen LogP contribution < -0.4 is 10.9 Å². The molecule has 1 aromatic heterocycles. The molecule has 29 heavy (non-hydrogen) atoms. The Balaban J connectivity index is 1.83. The number of halogens is 1. The zero-order valence-electron chi connectivity index (χ0n) is 17.0. The van der Waals surface area contributed by atoms with Crippen LogP contribution in [0.3, 0.4) is 0 Å². The molecule has 1 fully saturated rings. The van der Waals surface area contributed by atoms with Crippen LogP contribution in [0.25, 0.3) is 10.9 Å². The number of nitrogens with one attached hydrogen (secondary N) is 1. The highest BCUT2D eigenvalue weighted by atomic mass is 35.5. The first-order valence-electron chi connectivity index (χ1n) is 9.79. The van der Waals surface area contributed by atoms with Gasteiger partial charge in [0.2, 0.25) is 0 Å². The highest BCUT2D eigenvalue weighted by molar-refractivity contribution is 6.83. The van der Waals surface area contributed by atoms with E-state index >= 15 is 0 Å². The first-order chi connectivity index (χ1) is 13.6. The van der Waals surface area contributed by atoms with Gasteiger partial charge in [-0.2, -0.15) is 0 Å². The van der Waals surface area contributed by atoms with Crippen molar-refractivity contribution < 1.29 is 9.90 Å². The summed E-state index contributed by atoms with van der Waals surface area (Å²) in [7, 11) is -1.56. The topological polar surface area (TPSA) is 84.2 Å². The molecule has 0 bridgehead atoms. The summed E-state index contributed by atoms with van der Waals surface area (Å²) in [5.41, 5.74) is 4.11. The predicted molar refractivity (Wildman–Crippen MR) is 118 cm³/mol. The molecule has 6 nitrogen and oxygen atoms in total. The van der Waals surface area contributed by atoms with Gasteiger partial charge in [-0.25, -0.2) is 4.98 Å². The zero-order valence-corrected chi connectivity index (χ0v) is 18.7. The van der Waals surface area contributed by atoms with E-state index in [-0.39, 0.29) is 30.3 Å². The van der Waals surface area contributed by atoms with Crippen molar-refractivity contribution in [1.82, 2.24) is 14.9 Å². The second-order valence-corrected chi connectivity index (χ2v) is 13.7. The first-order valence-corrected chi connectivity index (χ1v) is 13.7. The normalized spacial score (nSPS) is 19.6. The molecule has 2 heterocycles. The lowest BCUT2D eigenvalue weighted by molar-refractivity contribution is -0.121. The Labute approximate surface area is 176 Å². The van der Waals surface area contributed by atoms with E-state index in [0.29, 0.717) is 27.9 Å². The van der Waals surface area contributed by atoms with E-state index in [9.17, 15) is 14.7 Å². The van der Waals surface area contributed by atoms with Gasteiger partial charge in [-0.1, -0.05) is 37.2 Å². The fourth-order valence-corrected chi connectivity index (χ4v) is 4.01. The van der Waals surface area contributed by atoms with Crippen LogP contribution >= 0.6 is 11.6 Å². The van der Waals surface area contributed by atoms with E-state index < -0.39 is 14.2 Å². The Morgan fingerprint density at radius 2 is 2.17 bits per heavy atom. The van der Waals surface area contributed by atoms with Gasteiger partial charge in [-0.05, 0) is 31.5 Å². The van der Waals surface area contributed by atoms with Crippen LogP contribution in [0.1, 0.15) is 24.8 Å². The second-order valence-electron chi connectivity index (χ2n) is 8.54. The van der Waals surface area contributed by atoms with E-state index in [4.69, 9.17) is 11.6 Å². The molecular weight excluding hydrogens is 406 g/mol. The van der Waals surface area contributed by atoms with Gasteiger partial charge in [0.15, 0.2) is 5.78 Å². The van der Waals surface area contributed by atoms with E-state index in [1.807, 2.05) is 0 Å². The molecule has 1 aromatic carbocycles. The van der Waals surface area contributed by atoms with Crippen molar-refractivity contribution >= 4 is 36.4 Å². The molecule has 0 aliphatic carbocycles. The van der Waals surface area contributed by atoms with E-state index in [1.165, 1.54) is 10.9 Å². The van der Waals surface area contributed by atoms with Gasteiger partial charge in [-0.3, -0.25) is 14.2 Å². The number of ketones is 1. The number of nitrogens with zero attached hydrogens (tertiary/aromatic N) is 2. The molecular formula is C21H26ClN3O3Si. The van der Waals surface area contributed by atoms with Crippen molar-refractivity contribution in [3.05, 3.63) is 39.4 Å². The summed E-state index contributed by atoms with van der Waals surface area (Å²) in [5.74, 6) is 2.98. The second kappa shape index (κ2) is 8.80. The molecule has 0 saturated carbocycles. The number of hydrogen-bond donors (Lipinski definition) is 2. The van der Waals surface area contributed by atoms with Gasteiger partial charge >= 0.3 is 0 Å². The Bertz CT molecular complexity index is 1050. The minimum atomic E-state index is -1.56. The summed E-state index contributed by atoms with van der Waals surface area (Å²) in [4.78, 5) is 29.6. The molecule has 0 spiro atoms. The Hall–Kier alpha value is -1.98. The number of Topliss-reactive ketones (excluding diaryl/α,β-unsaturated/α-hetero) is 1. The van der Waals surface area contributed by atoms with Gasteiger partial charge < -0.3 is 10.4 Å².